The van der Waals surface area contributed by atoms with Crippen molar-refractivity contribution in [3.05, 3.63) is 60.5 Å². The summed E-state index contributed by atoms with van der Waals surface area (Å²) < 4.78 is 7.60. The van der Waals surface area contributed by atoms with Gasteiger partial charge in [-0.1, -0.05) is 18.2 Å². The third kappa shape index (κ3) is 5.65. The van der Waals surface area contributed by atoms with Gasteiger partial charge in [0.15, 0.2) is 0 Å². The molecule has 3 N–H and O–H groups in total. The number of benzene rings is 1. The first-order valence-electron chi connectivity index (χ1n) is 11.6. The van der Waals surface area contributed by atoms with Crippen LogP contribution in [0.2, 0.25) is 5.02 Å². The molecule has 3 heterocycles. The number of hydrogen-bond donors (Lipinski definition) is 3. The summed E-state index contributed by atoms with van der Waals surface area (Å²) in [5, 5.41) is 10.6. The summed E-state index contributed by atoms with van der Waals surface area (Å²) >= 11 is 6.47. The standard InChI is InChI=1S/C26H29ClN8O2/c1-6-23(36)31-19-12-20(22(37-5)13-21(19)34(3)10-8-28-2)32-26-30-15-18(27)24(33-26)17-11-16-7-9-35(4)25(16)29-14-17/h6-7,9,11-15,28H,1,8,10H2,2-5H3,(H,31,36)(H,30,32,33). The number of aromatic nitrogens is 4. The Bertz CT molecular complexity index is 1450. The number of aryl methyl sites for hydroxylation is 1. The van der Waals surface area contributed by atoms with E-state index >= 15 is 0 Å². The lowest BCUT2D eigenvalue weighted by Crippen LogP contribution is -2.28. The lowest BCUT2D eigenvalue weighted by Gasteiger charge is -2.24. The molecule has 0 radical (unpaired) electrons. The van der Waals surface area contributed by atoms with Crippen molar-refractivity contribution < 1.29 is 9.53 Å². The average molecular weight is 521 g/mol. The Balaban J connectivity index is 1.72. The second-order valence-corrected chi connectivity index (χ2v) is 8.77. The summed E-state index contributed by atoms with van der Waals surface area (Å²) in [7, 11) is 7.34. The van der Waals surface area contributed by atoms with Crippen LogP contribution >= 0.6 is 11.6 Å². The topological polar surface area (TPSA) is 109 Å². The first kappa shape index (κ1) is 25.9. The van der Waals surface area contributed by atoms with Crippen LogP contribution in [-0.4, -0.2) is 59.7 Å². The van der Waals surface area contributed by atoms with Crippen molar-refractivity contribution in [1.29, 1.82) is 0 Å². The van der Waals surface area contributed by atoms with Gasteiger partial charge in [-0.25, -0.2) is 15.0 Å². The maximum atomic E-state index is 12.2. The molecule has 0 aliphatic heterocycles. The van der Waals surface area contributed by atoms with E-state index in [-0.39, 0.29) is 5.91 Å². The summed E-state index contributed by atoms with van der Waals surface area (Å²) in [6, 6.07) is 7.60. The van der Waals surface area contributed by atoms with E-state index in [0.717, 1.165) is 28.8 Å². The van der Waals surface area contributed by atoms with Crippen molar-refractivity contribution in [2.45, 2.75) is 0 Å². The Kier molecular flexibility index (Phi) is 7.90. The van der Waals surface area contributed by atoms with E-state index in [9.17, 15) is 4.79 Å². The number of likely N-dealkylation sites (N-methyl/N-ethyl adjacent to an activating group) is 2. The van der Waals surface area contributed by atoms with Crippen molar-refractivity contribution in [2.24, 2.45) is 7.05 Å². The summed E-state index contributed by atoms with van der Waals surface area (Å²) in [5.41, 5.74) is 4.11. The van der Waals surface area contributed by atoms with Crippen LogP contribution in [0.4, 0.5) is 23.0 Å². The lowest BCUT2D eigenvalue weighted by atomic mass is 10.1. The lowest BCUT2D eigenvalue weighted by molar-refractivity contribution is -0.111. The molecule has 192 valence electrons. The van der Waals surface area contributed by atoms with Gasteiger partial charge in [-0.3, -0.25) is 4.79 Å². The number of rotatable bonds is 10. The maximum absolute atomic E-state index is 12.2. The molecule has 1 aromatic carbocycles. The summed E-state index contributed by atoms with van der Waals surface area (Å²) in [6.07, 6.45) is 6.44. The molecule has 0 saturated carbocycles. The van der Waals surface area contributed by atoms with E-state index in [1.807, 2.05) is 55.0 Å². The number of ether oxygens (including phenoxy) is 1. The summed E-state index contributed by atoms with van der Waals surface area (Å²) in [6.45, 7) is 5.03. The van der Waals surface area contributed by atoms with Crippen molar-refractivity contribution in [2.75, 3.05) is 49.8 Å². The minimum atomic E-state index is -0.326. The van der Waals surface area contributed by atoms with Gasteiger partial charge in [0, 0.05) is 56.6 Å². The molecule has 0 spiro atoms. The minimum Gasteiger partial charge on any atom is -0.494 e. The predicted molar refractivity (Wildman–Crippen MR) is 149 cm³/mol. The van der Waals surface area contributed by atoms with Crippen LogP contribution in [0, 0.1) is 0 Å². The number of methoxy groups -OCH3 is 1. The van der Waals surface area contributed by atoms with Crippen LogP contribution in [0.15, 0.2) is 55.5 Å². The van der Waals surface area contributed by atoms with Gasteiger partial charge in [0.05, 0.1) is 41.1 Å². The second-order valence-electron chi connectivity index (χ2n) is 8.37. The summed E-state index contributed by atoms with van der Waals surface area (Å²) in [4.78, 5) is 27.7. The molecule has 0 atom stereocenters. The fraction of sp³-hybridized carbons (Fsp3) is 0.231. The number of anilines is 4. The van der Waals surface area contributed by atoms with Gasteiger partial charge in [-0.05, 0) is 31.3 Å². The Labute approximate surface area is 220 Å². The molecule has 3 aromatic heterocycles. The molecule has 1 amide bonds. The van der Waals surface area contributed by atoms with E-state index in [4.69, 9.17) is 16.3 Å². The number of carbonyl (C=O) groups excluding carboxylic acids is 1. The van der Waals surface area contributed by atoms with Crippen molar-refractivity contribution >= 4 is 51.6 Å². The molecular weight excluding hydrogens is 492 g/mol. The third-order valence-electron chi connectivity index (χ3n) is 5.84. The smallest absolute Gasteiger partial charge is 0.247 e. The van der Waals surface area contributed by atoms with Crippen LogP contribution in [0.3, 0.4) is 0 Å². The molecule has 0 saturated heterocycles. The molecule has 37 heavy (non-hydrogen) atoms. The molecule has 0 unspecified atom stereocenters. The highest BCUT2D eigenvalue weighted by Crippen LogP contribution is 2.38. The predicted octanol–water partition coefficient (Wildman–Crippen LogP) is 4.22. The largest absolute Gasteiger partial charge is 0.494 e. The maximum Gasteiger partial charge on any atom is 0.247 e. The van der Waals surface area contributed by atoms with Crippen molar-refractivity contribution in [3.63, 3.8) is 0 Å². The van der Waals surface area contributed by atoms with E-state index in [1.54, 1.807) is 19.4 Å². The molecule has 0 aliphatic rings. The zero-order chi connectivity index (χ0) is 26.5. The molecule has 4 rings (SSSR count). The highest BCUT2D eigenvalue weighted by atomic mass is 35.5. The SMILES string of the molecule is C=CC(=O)Nc1cc(Nc2ncc(Cl)c(-c3cnc4c(ccn4C)c3)n2)c(OC)cc1N(C)CCNC. The molecular formula is C26H29ClN8O2. The number of fused-ring (bicyclic) bond motifs is 1. The van der Waals surface area contributed by atoms with E-state index in [0.29, 0.717) is 40.3 Å². The monoisotopic (exact) mass is 520 g/mol. The number of amides is 1. The van der Waals surface area contributed by atoms with Crippen LogP contribution < -0.4 is 25.6 Å². The first-order valence-corrected chi connectivity index (χ1v) is 11.9. The highest BCUT2D eigenvalue weighted by molar-refractivity contribution is 6.33. The van der Waals surface area contributed by atoms with E-state index in [1.165, 1.54) is 12.3 Å². The van der Waals surface area contributed by atoms with E-state index < -0.39 is 0 Å². The molecule has 11 heteroatoms. The Morgan fingerprint density at radius 1 is 1.24 bits per heavy atom. The number of hydrogen-bond acceptors (Lipinski definition) is 8. The molecule has 10 nitrogen and oxygen atoms in total. The second kappa shape index (κ2) is 11.3. The van der Waals surface area contributed by atoms with Crippen LogP contribution in [-0.2, 0) is 11.8 Å². The van der Waals surface area contributed by atoms with Gasteiger partial charge in [0.1, 0.15) is 11.4 Å². The van der Waals surface area contributed by atoms with Gasteiger partial charge >= 0.3 is 0 Å². The first-order chi connectivity index (χ1) is 17.8. The number of pyridine rings is 1. The van der Waals surface area contributed by atoms with Gasteiger partial charge < -0.3 is 30.2 Å². The van der Waals surface area contributed by atoms with Crippen molar-refractivity contribution in [1.82, 2.24) is 24.8 Å². The Hall–Kier alpha value is -4.15. The number of nitrogens with zero attached hydrogens (tertiary/aromatic N) is 5. The van der Waals surface area contributed by atoms with Crippen LogP contribution in [0.1, 0.15) is 0 Å². The third-order valence-corrected chi connectivity index (χ3v) is 6.12. The zero-order valence-corrected chi connectivity index (χ0v) is 21.9. The molecule has 0 fully saturated rings. The Morgan fingerprint density at radius 2 is 2.05 bits per heavy atom. The number of nitrogens with one attached hydrogen (secondary N) is 3. The minimum absolute atomic E-state index is 0.308. The molecule has 0 bridgehead atoms. The van der Waals surface area contributed by atoms with Gasteiger partial charge in [0.2, 0.25) is 11.9 Å². The fourth-order valence-corrected chi connectivity index (χ4v) is 4.07. The molecule has 0 aliphatic carbocycles. The Morgan fingerprint density at radius 3 is 2.78 bits per heavy atom. The summed E-state index contributed by atoms with van der Waals surface area (Å²) in [5.74, 6) is 0.534. The van der Waals surface area contributed by atoms with Crippen molar-refractivity contribution in [3.8, 4) is 17.0 Å². The van der Waals surface area contributed by atoms with Gasteiger partial charge in [0.25, 0.3) is 0 Å². The number of halogens is 1. The molecule has 4 aromatic rings. The quantitative estimate of drug-likeness (QED) is 0.267. The normalized spacial score (nSPS) is 10.8. The number of carbonyl (C=O) groups is 1. The van der Waals surface area contributed by atoms with E-state index in [2.05, 4.69) is 37.5 Å². The zero-order valence-electron chi connectivity index (χ0n) is 21.2. The van der Waals surface area contributed by atoms with Gasteiger partial charge in [-0.2, -0.15) is 0 Å². The fourth-order valence-electron chi connectivity index (χ4n) is 3.87. The average Bonchev–Trinajstić information content (AvgIpc) is 3.28. The van der Waals surface area contributed by atoms with Crippen LogP contribution in [0.25, 0.3) is 22.3 Å². The van der Waals surface area contributed by atoms with Gasteiger partial charge in [-0.15, -0.1) is 0 Å². The van der Waals surface area contributed by atoms with Crippen LogP contribution in [0.5, 0.6) is 5.75 Å². The highest BCUT2D eigenvalue weighted by Gasteiger charge is 2.17.